The molecule has 1 aliphatic rings. The number of rotatable bonds is 4. The largest absolute Gasteiger partial charge is 0.317 e. The van der Waals surface area contributed by atoms with E-state index < -0.39 is 0 Å². The second-order valence-electron chi connectivity index (χ2n) is 7.53. The van der Waals surface area contributed by atoms with Gasteiger partial charge < -0.3 is 10.6 Å². The molecule has 0 saturated carbocycles. The summed E-state index contributed by atoms with van der Waals surface area (Å²) >= 11 is 0. The van der Waals surface area contributed by atoms with E-state index >= 15 is 0 Å². The Balaban J connectivity index is 1.35. The van der Waals surface area contributed by atoms with Gasteiger partial charge in [0.05, 0.1) is 35.7 Å². The Labute approximate surface area is 173 Å². The molecule has 0 unspecified atom stereocenters. The predicted octanol–water partition coefficient (Wildman–Crippen LogP) is 2.40. The second-order valence-corrected chi connectivity index (χ2v) is 7.53. The Bertz CT molecular complexity index is 1200. The number of amides is 1. The van der Waals surface area contributed by atoms with Crippen molar-refractivity contribution in [1.82, 2.24) is 34.8 Å². The van der Waals surface area contributed by atoms with Crippen LogP contribution >= 0.6 is 0 Å². The summed E-state index contributed by atoms with van der Waals surface area (Å²) in [6.45, 7) is 1.95. The minimum absolute atomic E-state index is 0.224. The van der Waals surface area contributed by atoms with Gasteiger partial charge >= 0.3 is 0 Å². The van der Waals surface area contributed by atoms with E-state index in [0.717, 1.165) is 48.0 Å². The molecule has 0 spiro atoms. The van der Waals surface area contributed by atoms with Gasteiger partial charge in [0.25, 0.3) is 5.91 Å². The lowest BCUT2D eigenvalue weighted by atomic mass is 10.1. The van der Waals surface area contributed by atoms with Gasteiger partial charge in [-0.2, -0.15) is 10.2 Å². The quantitative estimate of drug-likeness (QED) is 0.543. The van der Waals surface area contributed by atoms with Crippen LogP contribution in [0.2, 0.25) is 0 Å². The highest BCUT2D eigenvalue weighted by Crippen LogP contribution is 2.24. The molecule has 0 aromatic carbocycles. The zero-order valence-electron chi connectivity index (χ0n) is 16.6. The monoisotopic (exact) mass is 402 g/mol. The average Bonchev–Trinajstić information content (AvgIpc) is 3.43. The normalized spacial score (nSPS) is 14.8. The zero-order valence-corrected chi connectivity index (χ0v) is 16.6. The molecule has 30 heavy (non-hydrogen) atoms. The van der Waals surface area contributed by atoms with Crippen LogP contribution in [0, 0.1) is 0 Å². The fourth-order valence-electron chi connectivity index (χ4n) is 3.74. The summed E-state index contributed by atoms with van der Waals surface area (Å²) in [5.41, 5.74) is 3.24. The van der Waals surface area contributed by atoms with Crippen molar-refractivity contribution in [3.63, 3.8) is 0 Å². The minimum Gasteiger partial charge on any atom is -0.317 e. The van der Waals surface area contributed by atoms with Crippen molar-refractivity contribution in [2.75, 3.05) is 18.4 Å². The highest BCUT2D eigenvalue weighted by Gasteiger charge is 2.18. The van der Waals surface area contributed by atoms with Crippen LogP contribution < -0.4 is 10.6 Å². The summed E-state index contributed by atoms with van der Waals surface area (Å²) in [7, 11) is 1.88. The number of aryl methyl sites for hydroxylation is 1. The van der Waals surface area contributed by atoms with Crippen molar-refractivity contribution in [2.45, 2.75) is 18.9 Å². The van der Waals surface area contributed by atoms with Crippen LogP contribution in [0.25, 0.3) is 22.0 Å². The van der Waals surface area contributed by atoms with Gasteiger partial charge in [-0.1, -0.05) is 0 Å². The molecule has 5 heterocycles. The van der Waals surface area contributed by atoms with Crippen molar-refractivity contribution in [1.29, 1.82) is 0 Å². The number of aromatic nitrogens is 6. The maximum absolute atomic E-state index is 12.7. The topological polar surface area (TPSA) is 103 Å². The van der Waals surface area contributed by atoms with Gasteiger partial charge in [0.2, 0.25) is 0 Å². The SMILES string of the molecule is Cn1cc(-c2cnc3cnc(NC(=O)c4cnn(C5CCNCC5)c4)cc3c2)cn1. The van der Waals surface area contributed by atoms with Gasteiger partial charge in [0, 0.05) is 42.2 Å². The molecular weight excluding hydrogens is 380 g/mol. The molecule has 2 N–H and O–H groups in total. The first-order valence-corrected chi connectivity index (χ1v) is 9.97. The summed E-state index contributed by atoms with van der Waals surface area (Å²) < 4.78 is 3.65. The number of hydrogen-bond acceptors (Lipinski definition) is 6. The Morgan fingerprint density at radius 3 is 2.70 bits per heavy atom. The lowest BCUT2D eigenvalue weighted by Gasteiger charge is -2.22. The van der Waals surface area contributed by atoms with Crippen molar-refractivity contribution < 1.29 is 4.79 Å². The van der Waals surface area contributed by atoms with Gasteiger partial charge in [-0.25, -0.2) is 4.98 Å². The molecule has 1 fully saturated rings. The lowest BCUT2D eigenvalue weighted by Crippen LogP contribution is -2.29. The van der Waals surface area contributed by atoms with E-state index in [1.807, 2.05) is 36.3 Å². The molecule has 4 aromatic heterocycles. The molecule has 1 amide bonds. The highest BCUT2D eigenvalue weighted by molar-refractivity contribution is 6.04. The summed E-state index contributed by atoms with van der Waals surface area (Å²) in [4.78, 5) is 21.5. The summed E-state index contributed by atoms with van der Waals surface area (Å²) in [5, 5.41) is 15.7. The molecule has 4 aromatic rings. The van der Waals surface area contributed by atoms with E-state index in [-0.39, 0.29) is 5.91 Å². The molecular formula is C21H22N8O. The van der Waals surface area contributed by atoms with Crippen LogP contribution in [-0.2, 0) is 7.05 Å². The first kappa shape index (κ1) is 18.4. The van der Waals surface area contributed by atoms with Crippen molar-refractivity contribution in [3.8, 4) is 11.1 Å². The summed E-state index contributed by atoms with van der Waals surface area (Å²) in [5.74, 6) is 0.255. The summed E-state index contributed by atoms with van der Waals surface area (Å²) in [6.07, 6.45) is 12.7. The third-order valence-corrected chi connectivity index (χ3v) is 5.39. The van der Waals surface area contributed by atoms with Crippen LogP contribution in [0.15, 0.2) is 49.3 Å². The molecule has 9 heteroatoms. The molecule has 0 radical (unpaired) electrons. The molecule has 5 rings (SSSR count). The summed E-state index contributed by atoms with van der Waals surface area (Å²) in [6, 6.07) is 4.19. The zero-order chi connectivity index (χ0) is 20.5. The minimum atomic E-state index is -0.224. The van der Waals surface area contributed by atoms with Gasteiger partial charge in [-0.15, -0.1) is 0 Å². The number of nitrogens with one attached hydrogen (secondary N) is 2. The average molecular weight is 402 g/mol. The standard InChI is InChI=1S/C21H22N8O/c1-28-12-16(9-25-28)15-6-14-7-20(24-11-19(14)23-8-15)27-21(30)17-10-26-29(13-17)18-2-4-22-5-3-18/h6-13,18,22H,2-5H2,1H3,(H,24,27,30). The Morgan fingerprint density at radius 2 is 1.90 bits per heavy atom. The third kappa shape index (κ3) is 3.67. The van der Waals surface area contributed by atoms with Crippen LogP contribution in [0.4, 0.5) is 5.82 Å². The third-order valence-electron chi connectivity index (χ3n) is 5.39. The molecule has 0 bridgehead atoms. The maximum Gasteiger partial charge on any atom is 0.260 e. The second kappa shape index (κ2) is 7.68. The molecule has 1 saturated heterocycles. The number of hydrogen-bond donors (Lipinski definition) is 2. The fourth-order valence-corrected chi connectivity index (χ4v) is 3.74. The molecule has 152 valence electrons. The highest BCUT2D eigenvalue weighted by atomic mass is 16.1. The first-order valence-electron chi connectivity index (χ1n) is 9.97. The molecule has 0 aliphatic carbocycles. The van der Waals surface area contributed by atoms with Crippen molar-refractivity contribution in [3.05, 3.63) is 54.9 Å². The number of pyridine rings is 2. The predicted molar refractivity (Wildman–Crippen MR) is 113 cm³/mol. The number of carbonyl (C=O) groups is 1. The van der Waals surface area contributed by atoms with Gasteiger partial charge in [-0.05, 0) is 38.1 Å². The van der Waals surface area contributed by atoms with Crippen molar-refractivity contribution in [2.24, 2.45) is 7.05 Å². The first-order chi connectivity index (χ1) is 14.7. The van der Waals surface area contributed by atoms with Gasteiger partial charge in [-0.3, -0.25) is 19.1 Å². The van der Waals surface area contributed by atoms with E-state index in [1.54, 1.807) is 29.5 Å². The van der Waals surface area contributed by atoms with Crippen molar-refractivity contribution >= 4 is 22.6 Å². The molecule has 9 nitrogen and oxygen atoms in total. The Morgan fingerprint density at radius 1 is 1.03 bits per heavy atom. The van der Waals surface area contributed by atoms with E-state index in [9.17, 15) is 4.79 Å². The number of anilines is 1. The van der Waals surface area contributed by atoms with Crippen LogP contribution in [0.3, 0.4) is 0 Å². The fraction of sp³-hybridized carbons (Fsp3) is 0.286. The van der Waals surface area contributed by atoms with Crippen LogP contribution in [0.5, 0.6) is 0 Å². The number of fused-ring (bicyclic) bond motifs is 1. The maximum atomic E-state index is 12.7. The number of piperidine rings is 1. The smallest absolute Gasteiger partial charge is 0.260 e. The Hall–Kier alpha value is -3.59. The lowest BCUT2D eigenvalue weighted by molar-refractivity contribution is 0.102. The van der Waals surface area contributed by atoms with Crippen LogP contribution in [0.1, 0.15) is 29.2 Å². The number of carbonyl (C=O) groups excluding carboxylic acids is 1. The van der Waals surface area contributed by atoms with E-state index in [1.165, 1.54) is 0 Å². The number of nitrogens with zero attached hydrogens (tertiary/aromatic N) is 6. The van der Waals surface area contributed by atoms with Gasteiger partial charge in [0.15, 0.2) is 0 Å². The molecule has 1 aliphatic heterocycles. The van der Waals surface area contributed by atoms with E-state index in [2.05, 4.69) is 30.8 Å². The van der Waals surface area contributed by atoms with Gasteiger partial charge in [0.1, 0.15) is 5.82 Å². The van der Waals surface area contributed by atoms with E-state index in [0.29, 0.717) is 17.4 Å². The van der Waals surface area contributed by atoms with Crippen LogP contribution in [-0.4, -0.2) is 48.5 Å². The molecule has 0 atom stereocenters. The van der Waals surface area contributed by atoms with E-state index in [4.69, 9.17) is 0 Å². The Kier molecular flexibility index (Phi) is 4.72.